The summed E-state index contributed by atoms with van der Waals surface area (Å²) in [5.41, 5.74) is -0.831. The number of carboxylic acids is 1. The minimum Gasteiger partial charge on any atom is -0.490 e. The number of rotatable bonds is 6. The van der Waals surface area contributed by atoms with E-state index in [1.54, 1.807) is 12.1 Å². The van der Waals surface area contributed by atoms with Gasteiger partial charge in [-0.05, 0) is 72.9 Å². The first-order valence-corrected chi connectivity index (χ1v) is 12.4. The molecule has 2 saturated carbocycles. The molecule has 2 N–H and O–H groups in total. The first-order chi connectivity index (χ1) is 17.1. The van der Waals surface area contributed by atoms with Crippen molar-refractivity contribution in [2.45, 2.75) is 83.4 Å². The molecule has 0 heterocycles. The second-order valence-corrected chi connectivity index (χ2v) is 10.9. The number of benzene rings is 2. The van der Waals surface area contributed by atoms with Crippen molar-refractivity contribution >= 4 is 16.7 Å². The fourth-order valence-corrected chi connectivity index (χ4v) is 5.69. The Morgan fingerprint density at radius 3 is 2.22 bits per heavy atom. The molecule has 0 aromatic heterocycles. The van der Waals surface area contributed by atoms with E-state index in [1.807, 2.05) is 20.8 Å². The summed E-state index contributed by atoms with van der Waals surface area (Å²) in [6, 6.07) is 7.11. The first-order valence-electron chi connectivity index (χ1n) is 12.4. The van der Waals surface area contributed by atoms with E-state index in [0.29, 0.717) is 17.4 Å². The summed E-state index contributed by atoms with van der Waals surface area (Å²) in [6.45, 7) is 5.53. The summed E-state index contributed by atoms with van der Waals surface area (Å²) in [5.74, 6) is -3.18. The quantitative estimate of drug-likeness (QED) is 0.379. The molecule has 2 aliphatic rings. The van der Waals surface area contributed by atoms with Gasteiger partial charge in [0.15, 0.2) is 0 Å². The van der Waals surface area contributed by atoms with Crippen molar-refractivity contribution in [3.63, 3.8) is 0 Å². The van der Waals surface area contributed by atoms with Crippen LogP contribution < -0.4 is 10.1 Å². The summed E-state index contributed by atoms with van der Waals surface area (Å²) >= 11 is 0. The van der Waals surface area contributed by atoms with Gasteiger partial charge in [-0.2, -0.15) is 26.3 Å². The molecule has 37 heavy (non-hydrogen) atoms. The van der Waals surface area contributed by atoms with Gasteiger partial charge in [-0.25, -0.2) is 0 Å². The lowest BCUT2D eigenvalue weighted by molar-refractivity contribution is -0.185. The van der Waals surface area contributed by atoms with Gasteiger partial charge in [0.25, 0.3) is 0 Å². The minimum atomic E-state index is -4.74. The lowest BCUT2D eigenvalue weighted by Crippen LogP contribution is -2.59. The van der Waals surface area contributed by atoms with Gasteiger partial charge in [0.2, 0.25) is 0 Å². The Morgan fingerprint density at radius 1 is 1.05 bits per heavy atom. The average Bonchev–Trinajstić information content (AvgIpc) is 2.79. The monoisotopic (exact) mass is 531 g/mol. The van der Waals surface area contributed by atoms with Crippen LogP contribution in [0.15, 0.2) is 30.3 Å². The van der Waals surface area contributed by atoms with Gasteiger partial charge in [-0.1, -0.05) is 32.0 Å². The topological polar surface area (TPSA) is 58.6 Å². The Labute approximate surface area is 211 Å². The number of aliphatic carboxylic acids is 1. The highest BCUT2D eigenvalue weighted by atomic mass is 19.4. The summed E-state index contributed by atoms with van der Waals surface area (Å²) in [6.07, 6.45) is -9.60. The zero-order chi connectivity index (χ0) is 27.3. The zero-order valence-corrected chi connectivity index (χ0v) is 20.8. The van der Waals surface area contributed by atoms with Crippen molar-refractivity contribution in [2.24, 2.45) is 17.3 Å². The number of carboxylic acid groups (broad SMARTS) is 1. The molecule has 2 aromatic rings. The van der Waals surface area contributed by atoms with Crippen LogP contribution in [0.1, 0.15) is 70.0 Å². The van der Waals surface area contributed by atoms with E-state index in [4.69, 9.17) is 4.74 Å². The Morgan fingerprint density at radius 2 is 1.68 bits per heavy atom. The molecule has 204 valence electrons. The van der Waals surface area contributed by atoms with Gasteiger partial charge in [0, 0.05) is 12.1 Å². The van der Waals surface area contributed by atoms with E-state index < -0.39 is 47.2 Å². The van der Waals surface area contributed by atoms with Crippen LogP contribution in [0.2, 0.25) is 0 Å². The molecule has 0 saturated heterocycles. The highest BCUT2D eigenvalue weighted by Gasteiger charge is 2.52. The third-order valence-corrected chi connectivity index (χ3v) is 8.24. The fraction of sp³-hybridized carbons (Fsp3) is 0.593. The van der Waals surface area contributed by atoms with Crippen LogP contribution in [-0.4, -0.2) is 29.4 Å². The van der Waals surface area contributed by atoms with Crippen molar-refractivity contribution in [1.82, 2.24) is 5.32 Å². The molecule has 0 spiro atoms. The van der Waals surface area contributed by atoms with Gasteiger partial charge >= 0.3 is 18.3 Å². The summed E-state index contributed by atoms with van der Waals surface area (Å²) in [4.78, 5) is 11.4. The second-order valence-electron chi connectivity index (χ2n) is 10.9. The number of halogens is 6. The van der Waals surface area contributed by atoms with Gasteiger partial charge in [-0.3, -0.25) is 4.79 Å². The lowest BCUT2D eigenvalue weighted by Gasteiger charge is -2.51. The van der Waals surface area contributed by atoms with E-state index >= 15 is 0 Å². The van der Waals surface area contributed by atoms with Crippen LogP contribution in [0.25, 0.3) is 10.8 Å². The molecule has 4 nitrogen and oxygen atoms in total. The maximum Gasteiger partial charge on any atom is 0.420 e. The number of hydrogen-bond acceptors (Lipinski definition) is 3. The SMILES string of the molecule is CC(N[C@@H]1C[C@@H](C(=O)O)C1(C)C)c1ccc2ccc(O[C@H]3CC[C@@H](C(F)(F)F)CC3)c(C(F)(F)F)c2c1. The molecular weight excluding hydrogens is 500 g/mol. The molecule has 0 bridgehead atoms. The first kappa shape index (κ1) is 27.5. The Hall–Kier alpha value is -2.49. The predicted molar refractivity (Wildman–Crippen MR) is 126 cm³/mol. The molecule has 2 aromatic carbocycles. The van der Waals surface area contributed by atoms with Crippen LogP contribution in [-0.2, 0) is 11.0 Å². The fourth-order valence-electron chi connectivity index (χ4n) is 5.69. The zero-order valence-electron chi connectivity index (χ0n) is 20.8. The molecule has 0 amide bonds. The van der Waals surface area contributed by atoms with E-state index in [9.17, 15) is 36.2 Å². The number of ether oxygens (including phenoxy) is 1. The van der Waals surface area contributed by atoms with E-state index in [2.05, 4.69) is 5.32 Å². The van der Waals surface area contributed by atoms with Gasteiger partial charge in [-0.15, -0.1) is 0 Å². The van der Waals surface area contributed by atoms with Gasteiger partial charge in [0.05, 0.1) is 17.9 Å². The van der Waals surface area contributed by atoms with Gasteiger partial charge in [0.1, 0.15) is 11.3 Å². The summed E-state index contributed by atoms with van der Waals surface area (Å²) in [5, 5.41) is 13.0. The highest BCUT2D eigenvalue weighted by molar-refractivity contribution is 5.89. The maximum atomic E-state index is 14.3. The maximum absolute atomic E-state index is 14.3. The van der Waals surface area contributed by atoms with Crippen LogP contribution in [0.3, 0.4) is 0 Å². The molecule has 1 unspecified atom stereocenters. The van der Waals surface area contributed by atoms with E-state index in [1.165, 1.54) is 18.2 Å². The Kier molecular flexibility index (Phi) is 7.20. The molecule has 0 radical (unpaired) electrons. The van der Waals surface area contributed by atoms with Crippen LogP contribution >= 0.6 is 0 Å². The highest BCUT2D eigenvalue weighted by Crippen LogP contribution is 2.48. The van der Waals surface area contributed by atoms with Crippen LogP contribution in [0.4, 0.5) is 26.3 Å². The normalized spacial score (nSPS) is 26.9. The van der Waals surface area contributed by atoms with Crippen LogP contribution in [0, 0.1) is 17.3 Å². The standard InChI is InChI=1S/C27H31F6NO3/c1-14(34-22-13-20(24(35)36)25(22,2)3)16-5-4-15-6-11-21(23(19(15)12-16)27(31,32)33)37-18-9-7-17(8-10-18)26(28,29)30/h4-6,11-12,14,17-18,20,22,34H,7-10,13H2,1-3H3,(H,35,36)/t14?,17-,18+,20-,22+/m0/s1. The van der Waals surface area contributed by atoms with Gasteiger partial charge < -0.3 is 15.2 Å². The number of hydrogen-bond donors (Lipinski definition) is 2. The van der Waals surface area contributed by atoms with Crippen molar-refractivity contribution in [1.29, 1.82) is 0 Å². The average molecular weight is 532 g/mol. The number of alkyl halides is 6. The second kappa shape index (κ2) is 9.67. The Bertz CT molecular complexity index is 1150. The molecule has 0 aliphatic heterocycles. The smallest absolute Gasteiger partial charge is 0.420 e. The summed E-state index contributed by atoms with van der Waals surface area (Å²) in [7, 11) is 0. The lowest BCUT2D eigenvalue weighted by atomic mass is 9.58. The molecule has 4 rings (SSSR count). The van der Waals surface area contributed by atoms with Crippen molar-refractivity contribution < 1.29 is 41.0 Å². The summed E-state index contributed by atoms with van der Waals surface area (Å²) < 4.78 is 87.4. The predicted octanol–water partition coefficient (Wildman–Crippen LogP) is 7.51. The van der Waals surface area contributed by atoms with E-state index in [-0.39, 0.29) is 48.9 Å². The van der Waals surface area contributed by atoms with Crippen LogP contribution in [0.5, 0.6) is 5.75 Å². The van der Waals surface area contributed by atoms with Crippen molar-refractivity contribution in [3.8, 4) is 5.75 Å². The molecule has 10 heteroatoms. The largest absolute Gasteiger partial charge is 0.490 e. The van der Waals surface area contributed by atoms with E-state index in [0.717, 1.165) is 0 Å². The molecule has 2 aliphatic carbocycles. The third kappa shape index (κ3) is 5.54. The molecule has 3 atom stereocenters. The Balaban J connectivity index is 1.58. The van der Waals surface area contributed by atoms with Crippen molar-refractivity contribution in [3.05, 3.63) is 41.5 Å². The number of carbonyl (C=O) groups is 1. The minimum absolute atomic E-state index is 0.0367. The number of fused-ring (bicyclic) bond motifs is 1. The third-order valence-electron chi connectivity index (χ3n) is 8.24. The number of nitrogens with one attached hydrogen (secondary N) is 1. The molecule has 2 fully saturated rings. The molecular formula is C27H31F6NO3. The van der Waals surface area contributed by atoms with Crippen molar-refractivity contribution in [2.75, 3.05) is 0 Å².